The zero-order chi connectivity index (χ0) is 19.0. The van der Waals surface area contributed by atoms with Crippen LogP contribution >= 0.6 is 11.3 Å². The molecule has 2 N–H and O–H groups in total. The first-order chi connectivity index (χ1) is 11.6. The Morgan fingerprint density at radius 2 is 2.08 bits per heavy atom. The van der Waals surface area contributed by atoms with Gasteiger partial charge in [0.1, 0.15) is 13.1 Å². The Hall–Kier alpha value is -1.77. The van der Waals surface area contributed by atoms with Crippen molar-refractivity contribution in [3.8, 4) is 0 Å². The Balaban J connectivity index is 2.59. The van der Waals surface area contributed by atoms with E-state index < -0.39 is 18.6 Å². The maximum Gasteiger partial charge on any atom is 0.406 e. The Bertz CT molecular complexity index is 586. The fraction of sp³-hybridized carbons (Fsp3) is 0.625. The summed E-state index contributed by atoms with van der Waals surface area (Å²) in [5, 5.41) is 6.17. The largest absolute Gasteiger partial charge is 0.406 e. The highest BCUT2D eigenvalue weighted by molar-refractivity contribution is 7.11. The predicted octanol–water partition coefficient (Wildman–Crippen LogP) is 2.56. The van der Waals surface area contributed by atoms with Crippen molar-refractivity contribution >= 4 is 23.2 Å². The monoisotopic (exact) mass is 378 g/mol. The number of thiophene rings is 1. The predicted molar refractivity (Wildman–Crippen MR) is 95.0 cm³/mol. The number of rotatable bonds is 7. The molecule has 0 saturated heterocycles. The Kier molecular flexibility index (Phi) is 8.21. The standard InChI is InChI=1S/C16H25F3N4OS/c1-5-20-15(21-9-14(24)23(4)10-16(17,18)19)22-11(2)8-13-7-6-12(3)25-13/h6-7,11H,5,8-10H2,1-4H3,(H2,20,21,22). The number of carbonyl (C=O) groups is 1. The van der Waals surface area contributed by atoms with Crippen molar-refractivity contribution in [1.29, 1.82) is 0 Å². The lowest BCUT2D eigenvalue weighted by atomic mass is 10.2. The van der Waals surface area contributed by atoms with Gasteiger partial charge in [0.15, 0.2) is 5.96 Å². The summed E-state index contributed by atoms with van der Waals surface area (Å²) in [4.78, 5) is 19.0. The smallest absolute Gasteiger partial charge is 0.357 e. The van der Waals surface area contributed by atoms with Crippen LogP contribution in [0.25, 0.3) is 0 Å². The number of likely N-dealkylation sites (N-methyl/N-ethyl adjacent to an activating group) is 1. The van der Waals surface area contributed by atoms with Crippen molar-refractivity contribution in [1.82, 2.24) is 15.5 Å². The molecule has 1 heterocycles. The molecule has 1 atom stereocenters. The summed E-state index contributed by atoms with van der Waals surface area (Å²) in [5.74, 6) is -0.270. The number of hydrogen-bond acceptors (Lipinski definition) is 3. The molecule has 0 aliphatic heterocycles. The molecule has 9 heteroatoms. The van der Waals surface area contributed by atoms with Gasteiger partial charge in [-0.3, -0.25) is 4.79 Å². The van der Waals surface area contributed by atoms with E-state index in [4.69, 9.17) is 0 Å². The van der Waals surface area contributed by atoms with Crippen molar-refractivity contribution in [3.63, 3.8) is 0 Å². The quantitative estimate of drug-likeness (QED) is 0.566. The highest BCUT2D eigenvalue weighted by atomic mass is 32.1. The molecule has 0 radical (unpaired) electrons. The number of alkyl halides is 3. The lowest BCUT2D eigenvalue weighted by molar-refractivity contribution is -0.157. The molecule has 1 aromatic rings. The first kappa shape index (κ1) is 21.3. The van der Waals surface area contributed by atoms with Crippen LogP contribution in [0.15, 0.2) is 17.1 Å². The van der Waals surface area contributed by atoms with Crippen molar-refractivity contribution in [2.24, 2.45) is 4.99 Å². The molecule has 25 heavy (non-hydrogen) atoms. The summed E-state index contributed by atoms with van der Waals surface area (Å²) in [5.41, 5.74) is 0. The summed E-state index contributed by atoms with van der Waals surface area (Å²) >= 11 is 1.72. The molecular formula is C16H25F3N4OS. The Labute approximate surface area is 150 Å². The van der Waals surface area contributed by atoms with E-state index in [-0.39, 0.29) is 12.6 Å². The molecule has 5 nitrogen and oxygen atoms in total. The van der Waals surface area contributed by atoms with Crippen LogP contribution in [0.3, 0.4) is 0 Å². The summed E-state index contributed by atoms with van der Waals surface area (Å²) in [7, 11) is 1.12. The third-order valence-corrected chi connectivity index (χ3v) is 4.27. The molecular weight excluding hydrogens is 353 g/mol. The van der Waals surface area contributed by atoms with Crippen molar-refractivity contribution in [2.45, 2.75) is 39.4 Å². The topological polar surface area (TPSA) is 56.7 Å². The van der Waals surface area contributed by atoms with Crippen molar-refractivity contribution < 1.29 is 18.0 Å². The number of aliphatic imine (C=N–C) groups is 1. The number of nitrogens with zero attached hydrogens (tertiary/aromatic N) is 2. The second kappa shape index (κ2) is 9.65. The van der Waals surface area contributed by atoms with Gasteiger partial charge in [0.25, 0.3) is 0 Å². The number of aryl methyl sites for hydroxylation is 1. The Morgan fingerprint density at radius 3 is 2.60 bits per heavy atom. The van der Waals surface area contributed by atoms with Gasteiger partial charge in [0.2, 0.25) is 5.91 Å². The molecule has 0 spiro atoms. The molecule has 1 unspecified atom stereocenters. The van der Waals surface area contributed by atoms with Gasteiger partial charge in [-0.15, -0.1) is 11.3 Å². The minimum atomic E-state index is -4.41. The van der Waals surface area contributed by atoms with Gasteiger partial charge in [-0.2, -0.15) is 13.2 Å². The molecule has 1 rings (SSSR count). The van der Waals surface area contributed by atoms with E-state index in [2.05, 4.69) is 27.8 Å². The zero-order valence-corrected chi connectivity index (χ0v) is 15.7. The molecule has 142 valence electrons. The van der Waals surface area contributed by atoms with Crippen LogP contribution in [0.5, 0.6) is 0 Å². The maximum atomic E-state index is 12.3. The van der Waals surface area contributed by atoms with Gasteiger partial charge in [-0.05, 0) is 32.9 Å². The third kappa shape index (κ3) is 8.76. The molecule has 1 amide bonds. The van der Waals surface area contributed by atoms with E-state index in [1.165, 1.54) is 9.75 Å². The van der Waals surface area contributed by atoms with E-state index in [0.717, 1.165) is 13.5 Å². The molecule has 0 aliphatic rings. The van der Waals surface area contributed by atoms with Crippen molar-refractivity contribution in [3.05, 3.63) is 21.9 Å². The molecule has 0 saturated carbocycles. The summed E-state index contributed by atoms with van der Waals surface area (Å²) in [6, 6.07) is 4.19. The lowest BCUT2D eigenvalue weighted by Crippen LogP contribution is -2.44. The van der Waals surface area contributed by atoms with Gasteiger partial charge in [-0.25, -0.2) is 4.99 Å². The van der Waals surface area contributed by atoms with Gasteiger partial charge < -0.3 is 15.5 Å². The second-order valence-electron chi connectivity index (χ2n) is 5.82. The molecule has 0 fully saturated rings. The SMILES string of the molecule is CCNC(=NCC(=O)N(C)CC(F)(F)F)NC(C)Cc1ccc(C)s1. The number of carbonyl (C=O) groups excluding carboxylic acids is 1. The molecule has 1 aromatic heterocycles. The third-order valence-electron chi connectivity index (χ3n) is 3.25. The Morgan fingerprint density at radius 1 is 1.40 bits per heavy atom. The van der Waals surface area contributed by atoms with Crippen LogP contribution in [0, 0.1) is 6.92 Å². The second-order valence-corrected chi connectivity index (χ2v) is 7.19. The van der Waals surface area contributed by atoms with E-state index in [9.17, 15) is 18.0 Å². The molecule has 0 bridgehead atoms. The first-order valence-electron chi connectivity index (χ1n) is 8.01. The first-order valence-corrected chi connectivity index (χ1v) is 8.83. The van der Waals surface area contributed by atoms with Crippen LogP contribution in [-0.2, 0) is 11.2 Å². The number of guanidine groups is 1. The minimum absolute atomic E-state index is 0.0684. The average Bonchev–Trinajstić information content (AvgIpc) is 2.87. The minimum Gasteiger partial charge on any atom is -0.357 e. The van der Waals surface area contributed by atoms with E-state index in [1.54, 1.807) is 11.3 Å². The fourth-order valence-electron chi connectivity index (χ4n) is 2.13. The van der Waals surface area contributed by atoms with E-state index in [1.807, 2.05) is 20.8 Å². The van der Waals surface area contributed by atoms with Crippen LogP contribution in [-0.4, -0.2) is 55.7 Å². The van der Waals surface area contributed by atoms with Crippen LogP contribution in [0.1, 0.15) is 23.6 Å². The highest BCUT2D eigenvalue weighted by Crippen LogP contribution is 2.17. The number of halogens is 3. The van der Waals surface area contributed by atoms with Crippen LogP contribution < -0.4 is 10.6 Å². The van der Waals surface area contributed by atoms with Crippen LogP contribution in [0.4, 0.5) is 13.2 Å². The lowest BCUT2D eigenvalue weighted by Gasteiger charge is -2.19. The van der Waals surface area contributed by atoms with E-state index >= 15 is 0 Å². The summed E-state index contributed by atoms with van der Waals surface area (Å²) in [6.07, 6.45) is -3.62. The summed E-state index contributed by atoms with van der Waals surface area (Å²) < 4.78 is 36.9. The maximum absolute atomic E-state index is 12.3. The summed E-state index contributed by atoms with van der Waals surface area (Å²) in [6.45, 7) is 4.87. The number of amides is 1. The van der Waals surface area contributed by atoms with Crippen LogP contribution in [0.2, 0.25) is 0 Å². The average molecular weight is 378 g/mol. The zero-order valence-electron chi connectivity index (χ0n) is 14.9. The fourth-order valence-corrected chi connectivity index (χ4v) is 3.14. The number of nitrogens with one attached hydrogen (secondary N) is 2. The normalized spacial score (nSPS) is 13.5. The highest BCUT2D eigenvalue weighted by Gasteiger charge is 2.31. The molecule has 0 aliphatic carbocycles. The van der Waals surface area contributed by atoms with Gasteiger partial charge in [0, 0.05) is 35.8 Å². The van der Waals surface area contributed by atoms with Gasteiger partial charge >= 0.3 is 6.18 Å². The van der Waals surface area contributed by atoms with Gasteiger partial charge in [-0.1, -0.05) is 0 Å². The van der Waals surface area contributed by atoms with Gasteiger partial charge in [0.05, 0.1) is 0 Å². The van der Waals surface area contributed by atoms with Crippen molar-refractivity contribution in [2.75, 3.05) is 26.7 Å². The van der Waals surface area contributed by atoms with E-state index in [0.29, 0.717) is 17.4 Å². The molecule has 0 aromatic carbocycles. The number of hydrogen-bond donors (Lipinski definition) is 2.